The van der Waals surface area contributed by atoms with Crippen molar-refractivity contribution in [2.45, 2.75) is 18.8 Å². The highest BCUT2D eigenvalue weighted by molar-refractivity contribution is 5.69. The van der Waals surface area contributed by atoms with Crippen LogP contribution in [0, 0.1) is 11.8 Å². The van der Waals surface area contributed by atoms with Gasteiger partial charge in [0.15, 0.2) is 5.65 Å². The largest absolute Gasteiger partial charge is 0.336 e. The first-order valence-electron chi connectivity index (χ1n) is 6.90. The SMILES string of the molecule is Cn1c(=O)c2[nH]c(C3CC4C=CC3C4)nc2n(C)c1=O. The smallest absolute Gasteiger partial charge is 0.332 e. The Balaban J connectivity index is 1.94. The highest BCUT2D eigenvalue weighted by Gasteiger charge is 2.38. The van der Waals surface area contributed by atoms with Gasteiger partial charge in [-0.2, -0.15) is 0 Å². The van der Waals surface area contributed by atoms with Gasteiger partial charge in [-0.25, -0.2) is 9.78 Å². The normalized spacial score (nSPS) is 27.8. The number of nitrogens with zero attached hydrogens (tertiary/aromatic N) is 3. The molecule has 2 aliphatic carbocycles. The molecule has 2 aromatic rings. The molecular formula is C14H16N4O2. The van der Waals surface area contributed by atoms with E-state index < -0.39 is 0 Å². The zero-order valence-electron chi connectivity index (χ0n) is 11.5. The Hall–Kier alpha value is -2.11. The summed E-state index contributed by atoms with van der Waals surface area (Å²) in [7, 11) is 3.14. The standard InChI is InChI=1S/C14H16N4O2/c1-17-12-10(13(19)18(2)14(17)20)15-11(16-12)9-6-7-3-4-8(9)5-7/h3-4,7-9H,5-6H2,1-2H3,(H,15,16). The topological polar surface area (TPSA) is 72.7 Å². The molecule has 2 aliphatic rings. The maximum atomic E-state index is 12.2. The van der Waals surface area contributed by atoms with E-state index in [1.807, 2.05) is 0 Å². The number of hydrogen-bond donors (Lipinski definition) is 1. The van der Waals surface area contributed by atoms with Crippen LogP contribution in [0.2, 0.25) is 0 Å². The zero-order chi connectivity index (χ0) is 14.0. The van der Waals surface area contributed by atoms with Gasteiger partial charge in [-0.15, -0.1) is 0 Å². The van der Waals surface area contributed by atoms with Crippen molar-refractivity contribution in [3.05, 3.63) is 38.8 Å². The van der Waals surface area contributed by atoms with Gasteiger partial charge >= 0.3 is 5.69 Å². The second kappa shape index (κ2) is 3.71. The van der Waals surface area contributed by atoms with Crippen LogP contribution in [0.4, 0.5) is 0 Å². The molecule has 0 saturated heterocycles. The molecule has 1 saturated carbocycles. The quantitative estimate of drug-likeness (QED) is 0.774. The Bertz CT molecular complexity index is 854. The molecule has 0 aromatic carbocycles. The Labute approximate surface area is 114 Å². The number of allylic oxidation sites excluding steroid dienone is 2. The third-order valence-electron chi connectivity index (χ3n) is 4.74. The molecule has 0 spiro atoms. The third-order valence-corrected chi connectivity index (χ3v) is 4.74. The Morgan fingerprint density at radius 2 is 2.00 bits per heavy atom. The highest BCUT2D eigenvalue weighted by atomic mass is 16.2. The summed E-state index contributed by atoms with van der Waals surface area (Å²) in [5.41, 5.74) is 0.241. The molecule has 104 valence electrons. The molecule has 6 heteroatoms. The molecule has 3 atom stereocenters. The van der Waals surface area contributed by atoms with Crippen LogP contribution < -0.4 is 11.2 Å². The first kappa shape index (κ1) is 11.7. The van der Waals surface area contributed by atoms with Crippen molar-refractivity contribution >= 4 is 11.2 Å². The van der Waals surface area contributed by atoms with Crippen LogP contribution in [0.25, 0.3) is 11.2 Å². The van der Waals surface area contributed by atoms with E-state index in [2.05, 4.69) is 22.1 Å². The van der Waals surface area contributed by atoms with Gasteiger partial charge in [0.05, 0.1) is 0 Å². The van der Waals surface area contributed by atoms with Crippen LogP contribution in [-0.4, -0.2) is 19.1 Å². The molecule has 4 rings (SSSR count). The number of rotatable bonds is 1. The average Bonchev–Trinajstić information content (AvgIpc) is 3.15. The summed E-state index contributed by atoms with van der Waals surface area (Å²) in [4.78, 5) is 31.8. The summed E-state index contributed by atoms with van der Waals surface area (Å²) in [6, 6.07) is 0. The number of aryl methyl sites for hydroxylation is 1. The van der Waals surface area contributed by atoms with Crippen LogP contribution in [0.15, 0.2) is 21.7 Å². The summed E-state index contributed by atoms with van der Waals surface area (Å²) in [6.07, 6.45) is 6.79. The average molecular weight is 272 g/mol. The Morgan fingerprint density at radius 3 is 2.65 bits per heavy atom. The number of imidazole rings is 1. The Morgan fingerprint density at radius 1 is 1.20 bits per heavy atom. The lowest BCUT2D eigenvalue weighted by Gasteiger charge is -2.14. The fourth-order valence-corrected chi connectivity index (χ4v) is 3.61. The highest BCUT2D eigenvalue weighted by Crippen LogP contribution is 2.47. The van der Waals surface area contributed by atoms with Crippen LogP contribution in [0.1, 0.15) is 24.6 Å². The van der Waals surface area contributed by atoms with E-state index in [1.165, 1.54) is 18.0 Å². The second-order valence-electron chi connectivity index (χ2n) is 5.91. The van der Waals surface area contributed by atoms with Crippen molar-refractivity contribution in [2.75, 3.05) is 0 Å². The molecule has 20 heavy (non-hydrogen) atoms. The van der Waals surface area contributed by atoms with Crippen molar-refractivity contribution in [3.63, 3.8) is 0 Å². The summed E-state index contributed by atoms with van der Waals surface area (Å²) >= 11 is 0. The van der Waals surface area contributed by atoms with E-state index in [0.717, 1.165) is 16.8 Å². The minimum absolute atomic E-state index is 0.305. The number of nitrogens with one attached hydrogen (secondary N) is 1. The molecule has 6 nitrogen and oxygen atoms in total. The third kappa shape index (κ3) is 1.36. The van der Waals surface area contributed by atoms with Gasteiger partial charge in [0.2, 0.25) is 0 Å². The van der Waals surface area contributed by atoms with Gasteiger partial charge in [0.25, 0.3) is 5.56 Å². The molecule has 2 bridgehead atoms. The maximum absolute atomic E-state index is 12.2. The zero-order valence-corrected chi connectivity index (χ0v) is 11.5. The molecule has 0 radical (unpaired) electrons. The molecule has 0 aliphatic heterocycles. The van der Waals surface area contributed by atoms with Crippen LogP contribution in [0.5, 0.6) is 0 Å². The van der Waals surface area contributed by atoms with E-state index in [-0.39, 0.29) is 11.2 Å². The first-order valence-corrected chi connectivity index (χ1v) is 6.90. The fraction of sp³-hybridized carbons (Fsp3) is 0.500. The van der Waals surface area contributed by atoms with Crippen molar-refractivity contribution in [3.8, 4) is 0 Å². The number of fused-ring (bicyclic) bond motifs is 3. The van der Waals surface area contributed by atoms with E-state index >= 15 is 0 Å². The summed E-state index contributed by atoms with van der Waals surface area (Å²) < 4.78 is 2.55. The number of aromatic amines is 1. The van der Waals surface area contributed by atoms with Crippen molar-refractivity contribution in [2.24, 2.45) is 25.9 Å². The van der Waals surface area contributed by atoms with Crippen LogP contribution >= 0.6 is 0 Å². The summed E-state index contributed by atoms with van der Waals surface area (Å²) in [5.74, 6) is 2.35. The molecule has 2 aromatic heterocycles. The van der Waals surface area contributed by atoms with E-state index in [0.29, 0.717) is 28.9 Å². The van der Waals surface area contributed by atoms with Gasteiger partial charge in [-0.05, 0) is 24.7 Å². The lowest BCUT2D eigenvalue weighted by Crippen LogP contribution is -2.36. The van der Waals surface area contributed by atoms with Crippen molar-refractivity contribution in [1.29, 1.82) is 0 Å². The van der Waals surface area contributed by atoms with E-state index in [1.54, 1.807) is 7.05 Å². The minimum Gasteiger partial charge on any atom is -0.336 e. The molecule has 1 fully saturated rings. The first-order chi connectivity index (χ1) is 9.56. The molecule has 3 unspecified atom stereocenters. The second-order valence-corrected chi connectivity index (χ2v) is 5.91. The summed E-state index contributed by atoms with van der Waals surface area (Å²) in [5, 5.41) is 0. The van der Waals surface area contributed by atoms with Crippen LogP contribution in [-0.2, 0) is 14.1 Å². The van der Waals surface area contributed by atoms with Gasteiger partial charge in [-0.1, -0.05) is 12.2 Å². The molecular weight excluding hydrogens is 256 g/mol. The molecule has 0 amide bonds. The van der Waals surface area contributed by atoms with Crippen molar-refractivity contribution in [1.82, 2.24) is 19.1 Å². The summed E-state index contributed by atoms with van der Waals surface area (Å²) in [6.45, 7) is 0. The number of H-pyrrole nitrogens is 1. The lowest BCUT2D eigenvalue weighted by molar-refractivity contribution is 0.559. The van der Waals surface area contributed by atoms with Gasteiger partial charge in [0, 0.05) is 20.0 Å². The van der Waals surface area contributed by atoms with Gasteiger partial charge in [0.1, 0.15) is 11.3 Å². The molecule has 2 heterocycles. The fourth-order valence-electron chi connectivity index (χ4n) is 3.61. The predicted octanol–water partition coefficient (Wildman–Crippen LogP) is 0.640. The predicted molar refractivity (Wildman–Crippen MR) is 74.7 cm³/mol. The van der Waals surface area contributed by atoms with Gasteiger partial charge in [-0.3, -0.25) is 13.9 Å². The minimum atomic E-state index is -0.339. The monoisotopic (exact) mass is 272 g/mol. The van der Waals surface area contributed by atoms with Crippen molar-refractivity contribution < 1.29 is 0 Å². The number of hydrogen-bond acceptors (Lipinski definition) is 3. The Kier molecular flexibility index (Phi) is 2.17. The van der Waals surface area contributed by atoms with E-state index in [4.69, 9.17) is 0 Å². The maximum Gasteiger partial charge on any atom is 0.332 e. The lowest BCUT2D eigenvalue weighted by atomic mass is 9.93. The van der Waals surface area contributed by atoms with E-state index in [9.17, 15) is 9.59 Å². The van der Waals surface area contributed by atoms with Crippen LogP contribution in [0.3, 0.4) is 0 Å². The van der Waals surface area contributed by atoms with Gasteiger partial charge < -0.3 is 4.98 Å². The number of aromatic nitrogens is 4. The molecule has 1 N–H and O–H groups in total.